The molecule has 1 aliphatic carbocycles. The van der Waals surface area contributed by atoms with Crippen molar-refractivity contribution >= 4 is 0 Å². The van der Waals surface area contributed by atoms with Gasteiger partial charge in [0, 0.05) is 0 Å². The molecule has 2 aromatic heterocycles. The minimum atomic E-state index is -0.241. The highest BCUT2D eigenvalue weighted by Gasteiger charge is 2.21. The Balaban J connectivity index is 1.77. The van der Waals surface area contributed by atoms with Gasteiger partial charge in [0.15, 0.2) is 12.0 Å². The zero-order valence-corrected chi connectivity index (χ0v) is 9.23. The number of aromatic amines is 2. The van der Waals surface area contributed by atoms with Gasteiger partial charge in [0.05, 0.1) is 17.7 Å². The second-order valence-electron chi connectivity index (χ2n) is 4.19. The average molecular weight is 233 g/mol. The monoisotopic (exact) mass is 233 g/mol. The summed E-state index contributed by atoms with van der Waals surface area (Å²) in [4.78, 5) is 14.0. The molecule has 2 heterocycles. The first-order valence-corrected chi connectivity index (χ1v) is 5.68. The van der Waals surface area contributed by atoms with Crippen LogP contribution in [0.4, 0.5) is 0 Å². The van der Waals surface area contributed by atoms with E-state index in [9.17, 15) is 4.79 Å². The van der Waals surface area contributed by atoms with Crippen LogP contribution in [0.1, 0.15) is 19.3 Å². The third-order valence-corrected chi connectivity index (χ3v) is 2.94. The molecule has 0 aliphatic heterocycles. The lowest BCUT2D eigenvalue weighted by Crippen LogP contribution is -2.27. The summed E-state index contributed by atoms with van der Waals surface area (Å²) in [5.74, 6) is 1.26. The number of aromatic nitrogens is 2. The molecule has 0 aromatic carbocycles. The van der Waals surface area contributed by atoms with Gasteiger partial charge < -0.3 is 9.26 Å². The quantitative estimate of drug-likeness (QED) is 0.870. The maximum atomic E-state index is 10.9. The van der Waals surface area contributed by atoms with E-state index in [1.165, 1.54) is 12.5 Å². The molecule has 1 saturated carbocycles. The van der Waals surface area contributed by atoms with Crippen molar-refractivity contribution in [3.8, 4) is 17.2 Å². The van der Waals surface area contributed by atoms with Crippen LogP contribution in [-0.2, 0) is 0 Å². The second kappa shape index (κ2) is 4.08. The third-order valence-electron chi connectivity index (χ3n) is 2.94. The smallest absolute Gasteiger partial charge is 0.366 e. The van der Waals surface area contributed by atoms with Crippen molar-refractivity contribution in [2.24, 2.45) is 0 Å². The van der Waals surface area contributed by atoms with Crippen LogP contribution in [-0.4, -0.2) is 11.3 Å². The van der Waals surface area contributed by atoms with Crippen molar-refractivity contribution in [1.82, 2.24) is 5.16 Å². The first kappa shape index (κ1) is 10.1. The van der Waals surface area contributed by atoms with Gasteiger partial charge in [-0.2, -0.15) is 10.1 Å². The topological polar surface area (TPSA) is 69.4 Å². The van der Waals surface area contributed by atoms with Crippen LogP contribution in [0.5, 0.6) is 5.88 Å². The van der Waals surface area contributed by atoms with Crippen molar-refractivity contribution in [3.63, 3.8) is 0 Å². The second-order valence-corrected chi connectivity index (χ2v) is 4.19. The Morgan fingerprint density at radius 1 is 1.41 bits per heavy atom. The molecule has 0 amide bonds. The van der Waals surface area contributed by atoms with Gasteiger partial charge in [0.1, 0.15) is 6.10 Å². The number of H-pyrrole nitrogens is 2. The molecular formula is C12H13N2O3+. The lowest BCUT2D eigenvalue weighted by atomic mass is 9.96. The van der Waals surface area contributed by atoms with Crippen LogP contribution in [0.25, 0.3) is 11.3 Å². The molecule has 1 aliphatic rings. The molecule has 88 valence electrons. The summed E-state index contributed by atoms with van der Waals surface area (Å²) in [5, 5.41) is 2.26. The summed E-state index contributed by atoms with van der Waals surface area (Å²) in [7, 11) is 0. The van der Waals surface area contributed by atoms with Gasteiger partial charge in [-0.1, -0.05) is 0 Å². The number of hydrogen-bond acceptors (Lipinski definition) is 3. The SMILES string of the molecule is O=c1cc(-c2ccc(OC3CCC3)[nH+]c2)o[nH]1. The van der Waals surface area contributed by atoms with Crippen LogP contribution in [0.3, 0.4) is 0 Å². The van der Waals surface area contributed by atoms with Crippen LogP contribution in [0.15, 0.2) is 33.7 Å². The Bertz CT molecular complexity index is 552. The predicted molar refractivity (Wildman–Crippen MR) is 59.6 cm³/mol. The Morgan fingerprint density at radius 3 is 2.82 bits per heavy atom. The maximum Gasteiger partial charge on any atom is 0.366 e. The molecule has 0 atom stereocenters. The standard InChI is InChI=1S/C12H12N2O3/c15-11-6-10(17-14-11)8-4-5-12(13-7-8)16-9-2-1-3-9/h4-7,9H,1-3H2,(H,14,15)/p+1. The zero-order chi connectivity index (χ0) is 11.7. The van der Waals surface area contributed by atoms with E-state index in [0.29, 0.717) is 11.9 Å². The molecule has 17 heavy (non-hydrogen) atoms. The van der Waals surface area contributed by atoms with E-state index < -0.39 is 0 Å². The summed E-state index contributed by atoms with van der Waals surface area (Å²) in [6, 6.07) is 5.12. The normalized spacial score (nSPS) is 15.5. The van der Waals surface area contributed by atoms with E-state index >= 15 is 0 Å². The number of pyridine rings is 1. The average Bonchev–Trinajstić information content (AvgIpc) is 2.71. The number of ether oxygens (including phenoxy) is 1. The Morgan fingerprint density at radius 2 is 2.29 bits per heavy atom. The summed E-state index contributed by atoms with van der Waals surface area (Å²) >= 11 is 0. The molecular weight excluding hydrogens is 220 g/mol. The summed E-state index contributed by atoms with van der Waals surface area (Å²) < 4.78 is 10.7. The van der Waals surface area contributed by atoms with E-state index in [1.54, 1.807) is 6.20 Å². The first-order valence-electron chi connectivity index (χ1n) is 5.68. The van der Waals surface area contributed by atoms with Crippen molar-refractivity contribution in [2.75, 3.05) is 0 Å². The third kappa shape index (κ3) is 2.08. The molecule has 2 N–H and O–H groups in total. The molecule has 0 bridgehead atoms. The van der Waals surface area contributed by atoms with Crippen molar-refractivity contribution in [3.05, 3.63) is 34.7 Å². The maximum absolute atomic E-state index is 10.9. The zero-order valence-electron chi connectivity index (χ0n) is 9.23. The molecule has 0 unspecified atom stereocenters. The van der Waals surface area contributed by atoms with Crippen molar-refractivity contribution in [2.45, 2.75) is 25.4 Å². The van der Waals surface area contributed by atoms with Gasteiger partial charge in [-0.05, 0) is 25.3 Å². The molecule has 0 radical (unpaired) electrons. The molecule has 5 nitrogen and oxygen atoms in total. The highest BCUT2D eigenvalue weighted by molar-refractivity contribution is 5.54. The van der Waals surface area contributed by atoms with Crippen molar-refractivity contribution in [1.29, 1.82) is 0 Å². The van der Waals surface area contributed by atoms with Gasteiger partial charge >= 0.3 is 5.88 Å². The fourth-order valence-corrected chi connectivity index (χ4v) is 1.73. The lowest BCUT2D eigenvalue weighted by molar-refractivity contribution is -0.397. The van der Waals surface area contributed by atoms with Gasteiger partial charge in [0.25, 0.3) is 5.56 Å². The highest BCUT2D eigenvalue weighted by Crippen LogP contribution is 2.23. The molecule has 0 saturated heterocycles. The fourth-order valence-electron chi connectivity index (χ4n) is 1.73. The van der Waals surface area contributed by atoms with Crippen LogP contribution in [0, 0.1) is 0 Å². The number of hydrogen-bond donors (Lipinski definition) is 1. The minimum absolute atomic E-state index is 0.241. The van der Waals surface area contributed by atoms with E-state index in [0.717, 1.165) is 24.3 Å². The van der Waals surface area contributed by atoms with Gasteiger partial charge in [0.2, 0.25) is 0 Å². The highest BCUT2D eigenvalue weighted by atomic mass is 16.5. The fraction of sp³-hybridized carbons (Fsp3) is 0.333. The lowest BCUT2D eigenvalue weighted by Gasteiger charge is -2.23. The van der Waals surface area contributed by atoms with Gasteiger partial charge in [-0.25, -0.2) is 0 Å². The molecule has 5 heteroatoms. The molecule has 0 spiro atoms. The van der Waals surface area contributed by atoms with E-state index in [4.69, 9.17) is 9.26 Å². The van der Waals surface area contributed by atoms with Crippen molar-refractivity contribution < 1.29 is 14.2 Å². The first-order chi connectivity index (χ1) is 8.31. The van der Waals surface area contributed by atoms with Gasteiger partial charge in [-0.3, -0.25) is 4.79 Å². The molecule has 1 fully saturated rings. The van der Waals surface area contributed by atoms with E-state index in [-0.39, 0.29) is 5.56 Å². The number of rotatable bonds is 3. The molecule has 2 aromatic rings. The van der Waals surface area contributed by atoms with Crippen LogP contribution in [0.2, 0.25) is 0 Å². The van der Waals surface area contributed by atoms with Crippen LogP contribution >= 0.6 is 0 Å². The molecule has 3 rings (SSSR count). The predicted octanol–water partition coefficient (Wildman–Crippen LogP) is 1.38. The Labute approximate surface area is 97.4 Å². The minimum Gasteiger partial charge on any atom is -0.441 e. The summed E-state index contributed by atoms with van der Waals surface area (Å²) in [6.07, 6.45) is 5.62. The Hall–Kier alpha value is -2.04. The number of nitrogens with one attached hydrogen (secondary N) is 2. The summed E-state index contributed by atoms with van der Waals surface area (Å²) in [5.41, 5.74) is 0.569. The summed E-state index contributed by atoms with van der Waals surface area (Å²) in [6.45, 7) is 0. The van der Waals surface area contributed by atoms with E-state index in [2.05, 4.69) is 10.1 Å². The largest absolute Gasteiger partial charge is 0.441 e. The van der Waals surface area contributed by atoms with Crippen LogP contribution < -0.4 is 15.3 Å². The van der Waals surface area contributed by atoms with Gasteiger partial charge in [-0.15, -0.1) is 0 Å². The van der Waals surface area contributed by atoms with E-state index in [1.807, 2.05) is 12.1 Å². The Kier molecular flexibility index (Phi) is 2.44.